The van der Waals surface area contributed by atoms with Crippen molar-refractivity contribution >= 4 is 11.3 Å². The summed E-state index contributed by atoms with van der Waals surface area (Å²) in [4.78, 5) is 5.74. The molecule has 0 aliphatic rings. The van der Waals surface area contributed by atoms with E-state index < -0.39 is 0 Å². The smallest absolute Gasteiger partial charge is 0.0928 e. The van der Waals surface area contributed by atoms with Crippen molar-refractivity contribution in [2.75, 3.05) is 6.54 Å². The molecule has 0 fully saturated rings. The third kappa shape index (κ3) is 3.08. The number of nitrogens with one attached hydrogen (secondary N) is 1. The van der Waals surface area contributed by atoms with Gasteiger partial charge in [0, 0.05) is 17.1 Å². The van der Waals surface area contributed by atoms with Gasteiger partial charge in [0.1, 0.15) is 0 Å². The minimum Gasteiger partial charge on any atom is -0.310 e. The summed E-state index contributed by atoms with van der Waals surface area (Å²) in [5, 5.41) is 4.65. The van der Waals surface area contributed by atoms with E-state index >= 15 is 0 Å². The van der Waals surface area contributed by atoms with Crippen molar-refractivity contribution in [2.24, 2.45) is 0 Å². The van der Waals surface area contributed by atoms with E-state index in [9.17, 15) is 0 Å². The summed E-state index contributed by atoms with van der Waals surface area (Å²) < 4.78 is 0. The second-order valence-electron chi connectivity index (χ2n) is 3.19. The molecule has 0 bridgehead atoms. The molecule has 1 atom stereocenters. The zero-order chi connectivity index (χ0) is 9.68. The largest absolute Gasteiger partial charge is 0.310 e. The number of hydrogen-bond acceptors (Lipinski definition) is 3. The second-order valence-corrected chi connectivity index (χ2v) is 4.33. The molecule has 0 radical (unpaired) electrons. The molecular formula is C10H18N2S. The number of aromatic nitrogens is 1. The zero-order valence-corrected chi connectivity index (χ0v) is 9.45. The zero-order valence-electron chi connectivity index (χ0n) is 8.63. The molecule has 0 saturated carbocycles. The molecule has 1 unspecified atom stereocenters. The Balaban J connectivity index is 2.56. The predicted octanol–water partition coefficient (Wildman–Crippen LogP) is 2.77. The third-order valence-electron chi connectivity index (χ3n) is 1.97. The molecule has 1 rings (SSSR count). The minimum absolute atomic E-state index is 0.452. The van der Waals surface area contributed by atoms with Crippen LogP contribution in [0.25, 0.3) is 0 Å². The number of aryl methyl sites for hydroxylation is 1. The van der Waals surface area contributed by atoms with Gasteiger partial charge in [0.05, 0.1) is 5.01 Å². The number of hydrogen-bond donors (Lipinski definition) is 1. The van der Waals surface area contributed by atoms with Crippen LogP contribution in [-0.4, -0.2) is 11.5 Å². The highest BCUT2D eigenvalue weighted by Crippen LogP contribution is 2.21. The van der Waals surface area contributed by atoms with Crippen LogP contribution in [0.4, 0.5) is 0 Å². The fourth-order valence-electron chi connectivity index (χ4n) is 1.26. The summed E-state index contributed by atoms with van der Waals surface area (Å²) in [5.41, 5.74) is 0. The summed E-state index contributed by atoms with van der Waals surface area (Å²) >= 11 is 1.83. The average Bonchev–Trinajstić information content (AvgIpc) is 2.54. The number of thiazole rings is 1. The van der Waals surface area contributed by atoms with Crippen molar-refractivity contribution in [1.82, 2.24) is 10.3 Å². The third-order valence-corrected chi connectivity index (χ3v) is 3.21. The summed E-state index contributed by atoms with van der Waals surface area (Å²) in [5.74, 6) is 0. The Labute approximate surface area is 84.4 Å². The van der Waals surface area contributed by atoms with E-state index in [1.54, 1.807) is 0 Å². The minimum atomic E-state index is 0.452. The maximum absolute atomic E-state index is 4.39. The normalized spacial score (nSPS) is 13.2. The molecule has 0 aromatic carbocycles. The van der Waals surface area contributed by atoms with Crippen molar-refractivity contribution in [1.29, 1.82) is 0 Å². The van der Waals surface area contributed by atoms with Crippen molar-refractivity contribution in [3.63, 3.8) is 0 Å². The SMILES string of the molecule is CCCc1ncc(C(C)NCC)s1. The van der Waals surface area contributed by atoms with Gasteiger partial charge < -0.3 is 5.32 Å². The lowest BCUT2D eigenvalue weighted by molar-refractivity contribution is 0.606. The Bertz CT molecular complexity index is 245. The Kier molecular flexibility index (Phi) is 4.39. The quantitative estimate of drug-likeness (QED) is 0.787. The van der Waals surface area contributed by atoms with Crippen molar-refractivity contribution < 1.29 is 0 Å². The van der Waals surface area contributed by atoms with Gasteiger partial charge in [-0.1, -0.05) is 13.8 Å². The number of rotatable bonds is 5. The molecular weight excluding hydrogens is 180 g/mol. The van der Waals surface area contributed by atoms with E-state index in [4.69, 9.17) is 0 Å². The summed E-state index contributed by atoms with van der Waals surface area (Å²) in [7, 11) is 0. The molecule has 1 heterocycles. The standard InChI is InChI=1S/C10H18N2S/c1-4-6-10-12-7-9(13-10)8(3)11-5-2/h7-8,11H,4-6H2,1-3H3. The molecule has 1 aromatic heterocycles. The van der Waals surface area contributed by atoms with Gasteiger partial charge in [-0.3, -0.25) is 0 Å². The highest BCUT2D eigenvalue weighted by molar-refractivity contribution is 7.11. The molecule has 0 aliphatic carbocycles. The summed E-state index contributed by atoms with van der Waals surface area (Å²) in [6.07, 6.45) is 4.30. The highest BCUT2D eigenvalue weighted by Gasteiger charge is 2.07. The van der Waals surface area contributed by atoms with Gasteiger partial charge >= 0.3 is 0 Å². The first-order valence-electron chi connectivity index (χ1n) is 4.95. The van der Waals surface area contributed by atoms with Gasteiger partial charge in [-0.15, -0.1) is 11.3 Å². The van der Waals surface area contributed by atoms with Gasteiger partial charge in [-0.2, -0.15) is 0 Å². The molecule has 1 N–H and O–H groups in total. The molecule has 0 spiro atoms. The summed E-state index contributed by atoms with van der Waals surface area (Å²) in [6, 6.07) is 0.452. The Morgan fingerprint density at radius 1 is 1.54 bits per heavy atom. The lowest BCUT2D eigenvalue weighted by Crippen LogP contribution is -2.16. The molecule has 74 valence electrons. The van der Waals surface area contributed by atoms with Crippen LogP contribution >= 0.6 is 11.3 Å². The molecule has 13 heavy (non-hydrogen) atoms. The van der Waals surface area contributed by atoms with Gasteiger partial charge in [0.15, 0.2) is 0 Å². The first kappa shape index (κ1) is 10.7. The Hall–Kier alpha value is -0.410. The summed E-state index contributed by atoms with van der Waals surface area (Å²) in [6.45, 7) is 7.52. The van der Waals surface area contributed by atoms with Crippen LogP contribution in [0, 0.1) is 0 Å². The Morgan fingerprint density at radius 2 is 2.31 bits per heavy atom. The van der Waals surface area contributed by atoms with Crippen LogP contribution in [0.1, 0.15) is 43.1 Å². The maximum Gasteiger partial charge on any atom is 0.0928 e. The first-order chi connectivity index (χ1) is 6.27. The molecule has 1 aromatic rings. The average molecular weight is 198 g/mol. The predicted molar refractivity (Wildman–Crippen MR) is 58.2 cm³/mol. The van der Waals surface area contributed by atoms with Gasteiger partial charge in [0.25, 0.3) is 0 Å². The van der Waals surface area contributed by atoms with E-state index in [0.29, 0.717) is 6.04 Å². The van der Waals surface area contributed by atoms with Crippen LogP contribution in [0.2, 0.25) is 0 Å². The molecule has 0 saturated heterocycles. The molecule has 3 heteroatoms. The van der Waals surface area contributed by atoms with E-state index in [2.05, 4.69) is 31.1 Å². The van der Waals surface area contributed by atoms with Gasteiger partial charge in [-0.05, 0) is 26.3 Å². The van der Waals surface area contributed by atoms with Crippen molar-refractivity contribution in [3.05, 3.63) is 16.1 Å². The van der Waals surface area contributed by atoms with E-state index in [-0.39, 0.29) is 0 Å². The fraction of sp³-hybridized carbons (Fsp3) is 0.700. The van der Waals surface area contributed by atoms with Crippen molar-refractivity contribution in [3.8, 4) is 0 Å². The van der Waals surface area contributed by atoms with Crippen LogP contribution in [-0.2, 0) is 6.42 Å². The lowest BCUT2D eigenvalue weighted by Gasteiger charge is -2.07. The van der Waals surface area contributed by atoms with E-state index in [0.717, 1.165) is 13.0 Å². The van der Waals surface area contributed by atoms with Gasteiger partial charge in [0.2, 0.25) is 0 Å². The first-order valence-corrected chi connectivity index (χ1v) is 5.77. The van der Waals surface area contributed by atoms with Crippen LogP contribution in [0.5, 0.6) is 0 Å². The maximum atomic E-state index is 4.39. The topological polar surface area (TPSA) is 24.9 Å². The molecule has 0 amide bonds. The number of nitrogens with zero attached hydrogens (tertiary/aromatic N) is 1. The van der Waals surface area contributed by atoms with Crippen LogP contribution < -0.4 is 5.32 Å². The van der Waals surface area contributed by atoms with Crippen LogP contribution in [0.15, 0.2) is 6.20 Å². The molecule has 0 aliphatic heterocycles. The van der Waals surface area contributed by atoms with E-state index in [1.165, 1.54) is 16.3 Å². The van der Waals surface area contributed by atoms with Gasteiger partial charge in [-0.25, -0.2) is 4.98 Å². The van der Waals surface area contributed by atoms with Crippen LogP contribution in [0.3, 0.4) is 0 Å². The monoisotopic (exact) mass is 198 g/mol. The highest BCUT2D eigenvalue weighted by atomic mass is 32.1. The van der Waals surface area contributed by atoms with Crippen molar-refractivity contribution in [2.45, 2.75) is 39.7 Å². The molecule has 2 nitrogen and oxygen atoms in total. The fourth-order valence-corrected chi connectivity index (χ4v) is 2.31. The Morgan fingerprint density at radius 3 is 2.92 bits per heavy atom. The lowest BCUT2D eigenvalue weighted by atomic mass is 10.3. The second kappa shape index (κ2) is 5.35. The van der Waals surface area contributed by atoms with E-state index in [1.807, 2.05) is 17.5 Å².